The summed E-state index contributed by atoms with van der Waals surface area (Å²) in [5.74, 6) is 6.98. The van der Waals surface area contributed by atoms with Gasteiger partial charge in [0.15, 0.2) is 0 Å². The lowest BCUT2D eigenvalue weighted by Crippen LogP contribution is -2.40. The van der Waals surface area contributed by atoms with Crippen LogP contribution in [0, 0.1) is 0 Å². The van der Waals surface area contributed by atoms with Gasteiger partial charge in [-0.15, -0.1) is 0 Å². The fraction of sp³-hybridized carbons (Fsp3) is 0.381. The van der Waals surface area contributed by atoms with Gasteiger partial charge in [0, 0.05) is 29.0 Å². The maximum atomic E-state index is 6.26. The third-order valence-electron chi connectivity index (χ3n) is 4.98. The van der Waals surface area contributed by atoms with Gasteiger partial charge in [0.1, 0.15) is 5.82 Å². The van der Waals surface area contributed by atoms with Crippen molar-refractivity contribution in [2.45, 2.75) is 26.7 Å². The number of nitrogens with one attached hydrogen (secondary N) is 1. The lowest BCUT2D eigenvalue weighted by atomic mass is 10.1. The molecule has 5 nitrogen and oxygen atoms in total. The summed E-state index contributed by atoms with van der Waals surface area (Å²) in [5, 5.41) is 8.07. The number of anilines is 2. The maximum Gasteiger partial charge on any atom is 0.147 e. The fourth-order valence-corrected chi connectivity index (χ4v) is 3.45. The topological polar surface area (TPSA) is 57.4 Å². The number of benzene rings is 1. The second kappa shape index (κ2) is 9.22. The van der Waals surface area contributed by atoms with Crippen LogP contribution in [-0.2, 0) is 0 Å². The molecule has 0 saturated heterocycles. The van der Waals surface area contributed by atoms with Crippen LogP contribution in [0.1, 0.15) is 26.7 Å². The van der Waals surface area contributed by atoms with Gasteiger partial charge >= 0.3 is 0 Å². The molecule has 1 heterocycles. The van der Waals surface area contributed by atoms with Gasteiger partial charge < -0.3 is 10.2 Å². The van der Waals surface area contributed by atoms with Gasteiger partial charge in [-0.1, -0.05) is 31.5 Å². The molecular weight excluding hydrogens is 358 g/mol. The molecule has 0 atom stereocenters. The normalized spacial score (nSPS) is 13.3. The highest BCUT2D eigenvalue weighted by Gasteiger charge is 2.10. The summed E-state index contributed by atoms with van der Waals surface area (Å²) < 4.78 is 0. The number of pyridine rings is 1. The van der Waals surface area contributed by atoms with Crippen molar-refractivity contribution in [3.63, 3.8) is 0 Å². The minimum Gasteiger partial charge on any atom is -0.387 e. The van der Waals surface area contributed by atoms with Gasteiger partial charge in [0.2, 0.25) is 0 Å². The summed E-state index contributed by atoms with van der Waals surface area (Å²) in [7, 11) is 0. The Morgan fingerprint density at radius 2 is 1.85 bits per heavy atom. The van der Waals surface area contributed by atoms with E-state index in [1.54, 1.807) is 5.01 Å². The summed E-state index contributed by atoms with van der Waals surface area (Å²) >= 11 is 5.96. The van der Waals surface area contributed by atoms with Crippen LogP contribution in [0.5, 0.6) is 0 Å². The van der Waals surface area contributed by atoms with E-state index in [0.717, 1.165) is 55.9 Å². The Morgan fingerprint density at radius 1 is 1.11 bits per heavy atom. The highest BCUT2D eigenvalue weighted by atomic mass is 35.5. The molecule has 144 valence electrons. The SMILES string of the molecule is CCN(CC)CCNC1=c2ccc(N(N)c3ccc(Cl)cc3)nc2=CCC1. The van der Waals surface area contributed by atoms with Crippen molar-refractivity contribution in [1.82, 2.24) is 15.2 Å². The zero-order valence-electron chi connectivity index (χ0n) is 16.1. The van der Waals surface area contributed by atoms with Crippen LogP contribution in [0.4, 0.5) is 11.5 Å². The highest BCUT2D eigenvalue weighted by Crippen LogP contribution is 2.20. The maximum absolute atomic E-state index is 6.26. The molecule has 0 bridgehead atoms. The number of nitrogens with two attached hydrogens (primary N) is 1. The summed E-state index contributed by atoms with van der Waals surface area (Å²) in [6.45, 7) is 8.57. The highest BCUT2D eigenvalue weighted by molar-refractivity contribution is 6.30. The van der Waals surface area contributed by atoms with E-state index in [1.807, 2.05) is 30.3 Å². The lowest BCUT2D eigenvalue weighted by Gasteiger charge is -2.21. The predicted molar refractivity (Wildman–Crippen MR) is 114 cm³/mol. The molecule has 1 aliphatic carbocycles. The minimum absolute atomic E-state index is 0.689. The zero-order chi connectivity index (χ0) is 19.2. The lowest BCUT2D eigenvalue weighted by molar-refractivity contribution is 0.307. The van der Waals surface area contributed by atoms with Gasteiger partial charge in [-0.05, 0) is 62.3 Å². The molecule has 0 amide bonds. The molecule has 0 fully saturated rings. The van der Waals surface area contributed by atoms with E-state index in [4.69, 9.17) is 22.4 Å². The van der Waals surface area contributed by atoms with E-state index in [1.165, 1.54) is 10.9 Å². The van der Waals surface area contributed by atoms with Crippen LogP contribution in [0.15, 0.2) is 36.4 Å². The van der Waals surface area contributed by atoms with Crippen LogP contribution < -0.4 is 26.7 Å². The number of rotatable bonds is 8. The number of fused-ring (bicyclic) bond motifs is 1. The zero-order valence-corrected chi connectivity index (χ0v) is 16.8. The molecule has 1 aliphatic rings. The molecule has 0 saturated carbocycles. The van der Waals surface area contributed by atoms with E-state index in [9.17, 15) is 0 Å². The van der Waals surface area contributed by atoms with E-state index in [-0.39, 0.29) is 0 Å². The summed E-state index contributed by atoms with van der Waals surface area (Å²) in [4.78, 5) is 7.20. The van der Waals surface area contributed by atoms with E-state index in [2.05, 4.69) is 36.2 Å². The summed E-state index contributed by atoms with van der Waals surface area (Å²) in [6.07, 6.45) is 4.20. The molecule has 3 rings (SSSR count). The standard InChI is InChI=1S/C21H28ClN5/c1-3-26(4-2)15-14-24-19-6-5-7-20-18(19)12-13-21(25-20)27(23)17-10-8-16(22)9-11-17/h7-13,24H,3-6,14-15,23H2,1-2H3. The van der Waals surface area contributed by atoms with Gasteiger partial charge in [0.25, 0.3) is 0 Å². The van der Waals surface area contributed by atoms with Crippen LogP contribution >= 0.6 is 11.6 Å². The molecule has 1 aromatic carbocycles. The van der Waals surface area contributed by atoms with Crippen molar-refractivity contribution in [3.05, 3.63) is 52.0 Å². The first-order chi connectivity index (χ1) is 13.1. The van der Waals surface area contributed by atoms with Crippen molar-refractivity contribution >= 4 is 34.9 Å². The van der Waals surface area contributed by atoms with Crippen molar-refractivity contribution in [3.8, 4) is 0 Å². The van der Waals surface area contributed by atoms with Crippen LogP contribution in [0.3, 0.4) is 0 Å². The third-order valence-corrected chi connectivity index (χ3v) is 5.23. The number of aromatic nitrogens is 1. The van der Waals surface area contributed by atoms with E-state index < -0.39 is 0 Å². The van der Waals surface area contributed by atoms with Gasteiger partial charge in [-0.2, -0.15) is 0 Å². The van der Waals surface area contributed by atoms with Crippen LogP contribution in [-0.4, -0.2) is 36.1 Å². The molecule has 2 aromatic rings. The molecule has 0 aliphatic heterocycles. The first-order valence-electron chi connectivity index (χ1n) is 9.59. The second-order valence-corrected chi connectivity index (χ2v) is 7.06. The number of hydrazine groups is 1. The van der Waals surface area contributed by atoms with Gasteiger partial charge in [-0.3, -0.25) is 5.01 Å². The Kier molecular flexibility index (Phi) is 6.72. The summed E-state index contributed by atoms with van der Waals surface area (Å²) in [6, 6.07) is 11.5. The second-order valence-electron chi connectivity index (χ2n) is 6.62. The molecule has 27 heavy (non-hydrogen) atoms. The van der Waals surface area contributed by atoms with Gasteiger partial charge in [0.05, 0.1) is 11.0 Å². The number of hydrogen-bond donors (Lipinski definition) is 2. The van der Waals surface area contributed by atoms with Crippen molar-refractivity contribution in [2.24, 2.45) is 5.84 Å². The fourth-order valence-electron chi connectivity index (χ4n) is 3.32. The smallest absolute Gasteiger partial charge is 0.147 e. The third kappa shape index (κ3) is 4.80. The monoisotopic (exact) mass is 385 g/mol. The van der Waals surface area contributed by atoms with Crippen LogP contribution in [0.25, 0.3) is 11.8 Å². The Labute approximate surface area is 166 Å². The number of nitrogens with zero attached hydrogens (tertiary/aromatic N) is 3. The van der Waals surface area contributed by atoms with Crippen molar-refractivity contribution in [1.29, 1.82) is 0 Å². The van der Waals surface area contributed by atoms with Crippen molar-refractivity contribution < 1.29 is 0 Å². The number of hydrogen-bond acceptors (Lipinski definition) is 5. The minimum atomic E-state index is 0.689. The largest absolute Gasteiger partial charge is 0.387 e. The Hall–Kier alpha value is -2.08. The molecule has 3 N–H and O–H groups in total. The number of likely N-dealkylation sites (N-methyl/N-ethyl adjacent to an activating group) is 1. The van der Waals surface area contributed by atoms with E-state index in [0.29, 0.717) is 5.02 Å². The van der Waals surface area contributed by atoms with E-state index >= 15 is 0 Å². The Balaban J connectivity index is 1.80. The Bertz CT molecular complexity index is 874. The average Bonchev–Trinajstić information content (AvgIpc) is 2.71. The molecule has 0 radical (unpaired) electrons. The first-order valence-corrected chi connectivity index (χ1v) is 9.97. The number of halogens is 1. The molecule has 6 heteroatoms. The molecular formula is C21H28ClN5. The molecule has 0 unspecified atom stereocenters. The van der Waals surface area contributed by atoms with Crippen molar-refractivity contribution in [2.75, 3.05) is 31.2 Å². The van der Waals surface area contributed by atoms with Gasteiger partial charge in [-0.25, -0.2) is 10.8 Å². The van der Waals surface area contributed by atoms with Crippen LogP contribution in [0.2, 0.25) is 5.02 Å². The summed E-state index contributed by atoms with van der Waals surface area (Å²) in [5.41, 5.74) is 2.12. The first kappa shape index (κ1) is 19.7. The average molecular weight is 386 g/mol. The predicted octanol–water partition coefficient (Wildman–Crippen LogP) is 2.36. The molecule has 1 aromatic heterocycles. The quantitative estimate of drug-likeness (QED) is 0.539. The molecule has 0 spiro atoms. The Morgan fingerprint density at radius 3 is 2.56 bits per heavy atom.